The molecule has 2 atom stereocenters. The van der Waals surface area contributed by atoms with Crippen LogP contribution in [0.15, 0.2) is 89.9 Å². The quantitative estimate of drug-likeness (QED) is 0.461. The van der Waals surface area contributed by atoms with Crippen LogP contribution in [0, 0.1) is 0 Å². The third kappa shape index (κ3) is 4.14. The van der Waals surface area contributed by atoms with E-state index in [0.29, 0.717) is 6.42 Å². The number of aliphatic imine (C=N–C) groups is 1. The van der Waals surface area contributed by atoms with Gasteiger partial charge in [0.05, 0.1) is 11.8 Å². The van der Waals surface area contributed by atoms with Gasteiger partial charge in [-0.05, 0) is 29.3 Å². The number of hydrogen-bond donors (Lipinski definition) is 0. The van der Waals surface area contributed by atoms with Gasteiger partial charge in [-0.3, -0.25) is 4.99 Å². The van der Waals surface area contributed by atoms with Crippen LogP contribution < -0.4 is 0 Å². The summed E-state index contributed by atoms with van der Waals surface area (Å²) in [6, 6.07) is 26.3. The van der Waals surface area contributed by atoms with Crippen molar-refractivity contribution < 1.29 is 13.2 Å². The summed E-state index contributed by atoms with van der Waals surface area (Å²) < 4.78 is 39.6. The smallest absolute Gasteiger partial charge is 0.275 e. The second kappa shape index (κ2) is 7.84. The van der Waals surface area contributed by atoms with Crippen LogP contribution in [0.4, 0.5) is 13.2 Å². The third-order valence-corrected chi connectivity index (χ3v) is 5.79. The SMILES string of the molecule is FC(F)(F)S[C@@H]1Cc2ccccc2[C@H]1N=C(c1ccccc1)c1ccccc1. The monoisotopic (exact) mass is 397 g/mol. The Morgan fingerprint density at radius 2 is 1.32 bits per heavy atom. The molecule has 0 radical (unpaired) electrons. The highest BCUT2D eigenvalue weighted by Gasteiger charge is 2.41. The van der Waals surface area contributed by atoms with Crippen molar-refractivity contribution in [3.05, 3.63) is 107 Å². The van der Waals surface area contributed by atoms with Crippen LogP contribution in [0.5, 0.6) is 0 Å². The Kier molecular flexibility index (Phi) is 5.27. The molecule has 0 aliphatic heterocycles. The molecule has 0 fully saturated rings. The van der Waals surface area contributed by atoms with Crippen molar-refractivity contribution in [1.82, 2.24) is 0 Å². The van der Waals surface area contributed by atoms with Gasteiger partial charge in [0.15, 0.2) is 0 Å². The first-order chi connectivity index (χ1) is 13.5. The zero-order valence-corrected chi connectivity index (χ0v) is 15.8. The Labute approximate surface area is 166 Å². The summed E-state index contributed by atoms with van der Waals surface area (Å²) in [4.78, 5) is 4.92. The topological polar surface area (TPSA) is 12.4 Å². The first kappa shape index (κ1) is 18.8. The molecule has 5 heteroatoms. The standard InChI is InChI=1S/C23H18F3NS/c24-23(25,26)28-20-15-18-13-7-8-14-19(18)22(20)27-21(16-9-3-1-4-10-16)17-11-5-2-6-12-17/h1-14,20,22H,15H2/t20-,22-/m1/s1. The molecule has 0 amide bonds. The average molecular weight is 397 g/mol. The molecule has 1 aliphatic rings. The number of halogens is 3. The van der Waals surface area contributed by atoms with E-state index in [9.17, 15) is 13.2 Å². The van der Waals surface area contributed by atoms with Gasteiger partial charge in [-0.2, -0.15) is 13.2 Å². The Hall–Kier alpha value is -2.53. The first-order valence-corrected chi connectivity index (χ1v) is 9.90. The van der Waals surface area contributed by atoms with Crippen molar-refractivity contribution in [2.24, 2.45) is 4.99 Å². The van der Waals surface area contributed by atoms with E-state index in [0.717, 1.165) is 28.0 Å². The predicted octanol–water partition coefficient (Wildman–Crippen LogP) is 6.44. The fourth-order valence-corrected chi connectivity index (χ4v) is 4.56. The minimum absolute atomic E-state index is 0.0543. The number of benzene rings is 3. The number of rotatable bonds is 4. The minimum atomic E-state index is -4.29. The molecule has 3 aromatic carbocycles. The van der Waals surface area contributed by atoms with E-state index >= 15 is 0 Å². The molecule has 0 N–H and O–H groups in total. The van der Waals surface area contributed by atoms with Gasteiger partial charge in [-0.25, -0.2) is 0 Å². The van der Waals surface area contributed by atoms with Crippen LogP contribution in [-0.4, -0.2) is 16.5 Å². The van der Waals surface area contributed by atoms with Gasteiger partial charge in [0.25, 0.3) is 0 Å². The number of thioether (sulfide) groups is 1. The lowest BCUT2D eigenvalue weighted by molar-refractivity contribution is -0.0334. The van der Waals surface area contributed by atoms with Crippen molar-refractivity contribution in [3.8, 4) is 0 Å². The van der Waals surface area contributed by atoms with Crippen LogP contribution in [0.25, 0.3) is 0 Å². The van der Waals surface area contributed by atoms with Gasteiger partial charge in [-0.15, -0.1) is 0 Å². The minimum Gasteiger partial charge on any atom is -0.275 e. The van der Waals surface area contributed by atoms with Crippen molar-refractivity contribution in [3.63, 3.8) is 0 Å². The van der Waals surface area contributed by atoms with Crippen molar-refractivity contribution in [1.29, 1.82) is 0 Å². The molecule has 4 rings (SSSR count). The fourth-order valence-electron chi connectivity index (χ4n) is 3.61. The molecule has 0 aromatic heterocycles. The largest absolute Gasteiger partial charge is 0.442 e. The summed E-state index contributed by atoms with van der Waals surface area (Å²) in [5.74, 6) is 0. The van der Waals surface area contributed by atoms with Gasteiger partial charge in [-0.1, -0.05) is 84.9 Å². The van der Waals surface area contributed by atoms with Gasteiger partial charge in [0.1, 0.15) is 0 Å². The highest BCUT2D eigenvalue weighted by Crippen LogP contribution is 2.47. The van der Waals surface area contributed by atoms with E-state index < -0.39 is 16.8 Å². The van der Waals surface area contributed by atoms with Crippen LogP contribution in [0.2, 0.25) is 0 Å². The first-order valence-electron chi connectivity index (χ1n) is 9.02. The van der Waals surface area contributed by atoms with Crippen LogP contribution in [-0.2, 0) is 6.42 Å². The maximum Gasteiger partial charge on any atom is 0.442 e. The maximum absolute atomic E-state index is 13.2. The molecule has 1 aliphatic carbocycles. The number of hydrogen-bond acceptors (Lipinski definition) is 2. The maximum atomic E-state index is 13.2. The molecule has 0 saturated heterocycles. The molecule has 0 unspecified atom stereocenters. The van der Waals surface area contributed by atoms with E-state index in [1.807, 2.05) is 84.9 Å². The molecule has 28 heavy (non-hydrogen) atoms. The second-order valence-corrected chi connectivity index (χ2v) is 7.96. The summed E-state index contributed by atoms with van der Waals surface area (Å²) in [5.41, 5.74) is 0.0468. The molecule has 1 nitrogen and oxygen atoms in total. The molecular formula is C23H18F3NS. The molecule has 3 aromatic rings. The molecular weight excluding hydrogens is 379 g/mol. The summed E-state index contributed by atoms with van der Waals surface area (Å²) >= 11 is 0.0543. The van der Waals surface area contributed by atoms with Gasteiger partial charge >= 0.3 is 5.51 Å². The molecule has 0 bridgehead atoms. The molecule has 0 spiro atoms. The van der Waals surface area contributed by atoms with E-state index in [4.69, 9.17) is 4.99 Å². The lowest BCUT2D eigenvalue weighted by atomic mass is 10.0. The number of fused-ring (bicyclic) bond motifs is 1. The van der Waals surface area contributed by atoms with Crippen molar-refractivity contribution in [2.75, 3.05) is 0 Å². The Morgan fingerprint density at radius 1 is 0.786 bits per heavy atom. The molecule has 0 saturated carbocycles. The summed E-state index contributed by atoms with van der Waals surface area (Å²) in [6.07, 6.45) is 0.366. The molecule has 142 valence electrons. The summed E-state index contributed by atoms with van der Waals surface area (Å²) in [6.45, 7) is 0. The summed E-state index contributed by atoms with van der Waals surface area (Å²) in [5, 5.41) is -0.667. The highest BCUT2D eigenvalue weighted by molar-refractivity contribution is 8.00. The van der Waals surface area contributed by atoms with E-state index in [1.165, 1.54) is 0 Å². The van der Waals surface area contributed by atoms with E-state index in [2.05, 4.69) is 0 Å². The van der Waals surface area contributed by atoms with Gasteiger partial charge in [0, 0.05) is 16.4 Å². The summed E-state index contributed by atoms with van der Waals surface area (Å²) in [7, 11) is 0. The number of nitrogens with zero attached hydrogens (tertiary/aromatic N) is 1. The van der Waals surface area contributed by atoms with Crippen LogP contribution in [0.1, 0.15) is 28.3 Å². The molecule has 0 heterocycles. The third-order valence-electron chi connectivity index (χ3n) is 4.79. The highest BCUT2D eigenvalue weighted by atomic mass is 32.2. The van der Waals surface area contributed by atoms with Crippen molar-refractivity contribution in [2.45, 2.75) is 23.2 Å². The zero-order valence-electron chi connectivity index (χ0n) is 14.9. The predicted molar refractivity (Wildman–Crippen MR) is 109 cm³/mol. The van der Waals surface area contributed by atoms with Gasteiger partial charge < -0.3 is 0 Å². The van der Waals surface area contributed by atoms with Crippen LogP contribution >= 0.6 is 11.8 Å². The Balaban J connectivity index is 1.83. The van der Waals surface area contributed by atoms with E-state index in [1.54, 1.807) is 0 Å². The average Bonchev–Trinajstić information content (AvgIpc) is 3.02. The normalized spacial score (nSPS) is 18.5. The van der Waals surface area contributed by atoms with Gasteiger partial charge in [0.2, 0.25) is 0 Å². The second-order valence-electron chi connectivity index (χ2n) is 6.66. The lowest BCUT2D eigenvalue weighted by Crippen LogP contribution is -2.17. The zero-order chi connectivity index (χ0) is 19.6. The number of alkyl halides is 3. The van der Waals surface area contributed by atoms with Crippen molar-refractivity contribution >= 4 is 17.5 Å². The lowest BCUT2D eigenvalue weighted by Gasteiger charge is -2.20. The van der Waals surface area contributed by atoms with Crippen LogP contribution in [0.3, 0.4) is 0 Å². The van der Waals surface area contributed by atoms with E-state index in [-0.39, 0.29) is 11.8 Å². The Bertz CT molecular complexity index is 926. The fraction of sp³-hybridized carbons (Fsp3) is 0.174. The Morgan fingerprint density at radius 3 is 1.89 bits per heavy atom.